The second-order valence-electron chi connectivity index (χ2n) is 30.1. The van der Waals surface area contributed by atoms with Gasteiger partial charge < -0.3 is 45.4 Å². The quantitative estimate of drug-likeness (QED) is 0.0110. The van der Waals surface area contributed by atoms with Crippen molar-refractivity contribution in [2.24, 2.45) is 4.40 Å². The van der Waals surface area contributed by atoms with Crippen LogP contribution in [-0.2, 0) is 77.0 Å². The number of pyridine rings is 1. The zero-order valence-electron chi connectivity index (χ0n) is 70.0. The Labute approximate surface area is 762 Å². The first-order chi connectivity index (χ1) is 62.1. The maximum Gasteiger partial charge on any atom is 0.313 e. The van der Waals surface area contributed by atoms with Gasteiger partial charge in [-0.05, 0) is 150 Å². The summed E-state index contributed by atoms with van der Waals surface area (Å²) < 4.78 is 136. The highest BCUT2D eigenvalue weighted by molar-refractivity contribution is 8.00. The number of carbonyl (C=O) groups is 5. The molecule has 130 heavy (non-hydrogen) atoms. The molecule has 13 aromatic rings. The molecule has 12 aromatic carbocycles. The highest BCUT2D eigenvalue weighted by Gasteiger charge is 2.33. The summed E-state index contributed by atoms with van der Waals surface area (Å²) in [5, 5.41) is 71.9. The number of hydrogen-bond donors (Lipinski definition) is 10. The fourth-order valence-electron chi connectivity index (χ4n) is 14.4. The molecule has 2 aliphatic carbocycles. The minimum atomic E-state index is -4.19. The lowest BCUT2D eigenvalue weighted by molar-refractivity contribution is -0.138. The summed E-state index contributed by atoms with van der Waals surface area (Å²) in [4.78, 5) is 64.6. The molecule has 35 heteroatoms. The van der Waals surface area contributed by atoms with Crippen molar-refractivity contribution in [1.82, 2.24) is 9.88 Å². The number of fused-ring (bicyclic) bond motifs is 5. The van der Waals surface area contributed by atoms with Crippen LogP contribution in [0.5, 0.6) is 17.2 Å². The number of thioether (sulfide) groups is 3. The second kappa shape index (κ2) is 43.0. The van der Waals surface area contributed by atoms with Gasteiger partial charge in [0.05, 0.1) is 93.0 Å². The number of sulfonamides is 4. The number of phenols is 3. The van der Waals surface area contributed by atoms with Crippen molar-refractivity contribution in [2.75, 3.05) is 44.7 Å². The first-order valence-corrected chi connectivity index (χ1v) is 49.4. The van der Waals surface area contributed by atoms with E-state index >= 15 is 0 Å². The number of ketones is 1. The van der Waals surface area contributed by atoms with Crippen molar-refractivity contribution in [3.8, 4) is 17.2 Å². The number of anilines is 3. The number of aromatic hydroxyl groups is 3. The second-order valence-corrected chi connectivity index (χ2v) is 39.8. The van der Waals surface area contributed by atoms with Crippen molar-refractivity contribution in [1.29, 1.82) is 0 Å². The zero-order valence-corrected chi connectivity index (χ0v) is 75.7. The van der Waals surface area contributed by atoms with Gasteiger partial charge in [0.2, 0.25) is 5.78 Å². The largest absolute Gasteiger partial charge is 0.506 e. The molecule has 1 heterocycles. The van der Waals surface area contributed by atoms with Gasteiger partial charge in [0, 0.05) is 56.0 Å². The first kappa shape index (κ1) is 96.2. The molecule has 0 atom stereocenters. The number of ether oxygens (including phenoxy) is 1. The molecular formula is C95H89FN6O21S7. The number of carbonyl (C=O) groups excluding carboxylic acids is 1. The van der Waals surface area contributed by atoms with E-state index in [0.29, 0.717) is 59.0 Å². The van der Waals surface area contributed by atoms with Crippen LogP contribution in [0.1, 0.15) is 109 Å². The molecule has 0 aliphatic heterocycles. The van der Waals surface area contributed by atoms with E-state index in [2.05, 4.69) is 23.5 Å². The molecule has 0 amide bonds. The number of phenolic OH excluding ortho intramolecular Hbond substituents is 3. The third-order valence-electron chi connectivity index (χ3n) is 20.9. The summed E-state index contributed by atoms with van der Waals surface area (Å²) in [6.45, 7) is 5.72. The van der Waals surface area contributed by atoms with Crippen molar-refractivity contribution >= 4 is 171 Å². The number of carboxylic acids is 4. The van der Waals surface area contributed by atoms with E-state index < -0.39 is 75.6 Å². The number of nitrogens with one attached hydrogen (secondary N) is 3. The number of halogens is 1. The Hall–Kier alpha value is -12.9. The van der Waals surface area contributed by atoms with Crippen LogP contribution in [0.25, 0.3) is 43.1 Å². The molecule has 0 unspecified atom stereocenters. The summed E-state index contributed by atoms with van der Waals surface area (Å²) >= 11 is 2.78. The van der Waals surface area contributed by atoms with E-state index in [9.17, 15) is 82.5 Å². The Morgan fingerprint density at radius 1 is 0.508 bits per heavy atom. The maximum absolute atomic E-state index is 13.6. The van der Waals surface area contributed by atoms with E-state index in [1.54, 1.807) is 176 Å². The van der Waals surface area contributed by atoms with Gasteiger partial charge >= 0.3 is 23.9 Å². The first-order valence-electron chi connectivity index (χ1n) is 40.6. The van der Waals surface area contributed by atoms with Gasteiger partial charge in [0.25, 0.3) is 40.1 Å². The number of allylic oxidation sites excluding steroid dienone is 2. The Morgan fingerprint density at radius 3 is 1.47 bits per heavy atom. The Morgan fingerprint density at radius 2 is 0.977 bits per heavy atom. The number of aliphatic carboxylic acids is 4. The number of nitrogens with zero attached hydrogens (tertiary/aromatic N) is 3. The van der Waals surface area contributed by atoms with Crippen molar-refractivity contribution in [2.45, 2.75) is 118 Å². The van der Waals surface area contributed by atoms with Crippen LogP contribution in [0.3, 0.4) is 0 Å². The van der Waals surface area contributed by atoms with Crippen LogP contribution in [0.15, 0.2) is 299 Å². The van der Waals surface area contributed by atoms with Gasteiger partial charge in [-0.3, -0.25) is 43.1 Å². The fourth-order valence-corrected chi connectivity index (χ4v) is 21.1. The van der Waals surface area contributed by atoms with Crippen molar-refractivity contribution in [3.63, 3.8) is 0 Å². The van der Waals surface area contributed by atoms with Crippen LogP contribution < -0.4 is 14.2 Å². The van der Waals surface area contributed by atoms with E-state index in [-0.39, 0.29) is 131 Å². The molecule has 1 fully saturated rings. The Kier molecular flexibility index (Phi) is 31.9. The smallest absolute Gasteiger partial charge is 0.313 e. The molecular weight excluding hydrogens is 1800 g/mol. The molecule has 2 aliphatic rings. The fraction of sp³-hybridized carbons (Fsp3) is 0.189. The number of hydrogen-bond acceptors (Lipinski definition) is 22. The zero-order chi connectivity index (χ0) is 93.2. The number of aromatic nitrogens is 1. The Balaban J connectivity index is 0.000000160. The lowest BCUT2D eigenvalue weighted by Gasteiger charge is -2.28. The lowest BCUT2D eigenvalue weighted by Crippen LogP contribution is -2.35. The van der Waals surface area contributed by atoms with E-state index in [0.717, 1.165) is 89.5 Å². The van der Waals surface area contributed by atoms with Gasteiger partial charge in [-0.15, -0.1) is 35.3 Å². The number of Topliss-reactive ketones (excluding diaryl/α,β-unsaturated/α-hetero) is 1. The summed E-state index contributed by atoms with van der Waals surface area (Å²) in [6, 6.07) is 66.2. The highest BCUT2D eigenvalue weighted by atomic mass is 32.2. The molecule has 1 aromatic heterocycles. The summed E-state index contributed by atoms with van der Waals surface area (Å²) in [5.41, 5.74) is 4.66. The summed E-state index contributed by atoms with van der Waals surface area (Å²) in [7, 11) is -15.9. The van der Waals surface area contributed by atoms with Gasteiger partial charge in [-0.2, -0.15) is 12.8 Å². The van der Waals surface area contributed by atoms with Crippen LogP contribution >= 0.6 is 35.3 Å². The number of carboxylic acid groups (broad SMARTS) is 4. The number of aryl methyl sites for hydroxylation is 1. The maximum atomic E-state index is 13.6. The van der Waals surface area contributed by atoms with Gasteiger partial charge in [-0.1, -0.05) is 198 Å². The van der Waals surface area contributed by atoms with Crippen LogP contribution in [0.2, 0.25) is 0 Å². The molecule has 15 rings (SSSR count). The van der Waals surface area contributed by atoms with Crippen LogP contribution in [0, 0.1) is 5.82 Å². The average molecular weight is 1890 g/mol. The third kappa shape index (κ3) is 24.4. The topological polar surface area (TPSA) is 437 Å². The van der Waals surface area contributed by atoms with Crippen molar-refractivity contribution in [3.05, 3.63) is 300 Å². The minimum Gasteiger partial charge on any atom is -0.506 e. The van der Waals surface area contributed by atoms with E-state index in [1.807, 2.05) is 45.0 Å². The van der Waals surface area contributed by atoms with Crippen molar-refractivity contribution < 1.29 is 103 Å². The normalized spacial score (nSPS) is 13.2. The molecule has 674 valence electrons. The predicted octanol–water partition coefficient (Wildman–Crippen LogP) is 18.9. The molecule has 27 nitrogen and oxygen atoms in total. The van der Waals surface area contributed by atoms with Gasteiger partial charge in [-0.25, -0.2) is 29.6 Å². The lowest BCUT2D eigenvalue weighted by atomic mass is 9.84. The molecule has 0 bridgehead atoms. The minimum absolute atomic E-state index is 0.00315. The number of rotatable bonds is 31. The standard InChI is InChI=1S/C32H32FN3O6S.C22H17NO5S2.C21H21NO5S2.C20H19NO5S2/c33-25-11-4-7-22(17-25)20-42-21-36(16-14-30(37)38)29-19-28(27-13-6-15-34-31(27)32(29)39)35-43(40,41)26-12-5-10-24(18-26)23-8-2-1-3-9-23;24-21(25)13-29-19-12-18(16-9-3-4-10-17(16)22(19)26)23-30(27,28)20-11-5-7-14-6-1-2-8-15(14)20;1-13(2)14-7-9-15(10-8-14)29(26,27)22-18-11-19(28-12-20(23)24)21(25)17-6-4-3-5-16(17)18;1-2-13-7-9-14(10-8-13)28(25,26)21-17-11-18(27-12-19(22)23)20(24)16-6-4-3-5-15(16)17/h4-7,10-13,15,17-19,23H,1-3,8-9,14,16,20-21H2,(H,37,38);1-12,23,26H,13H2,(H,24,25);3-11,13,22,25H,12H2,1-2H3,(H,23,24);3-11,21,24H,2,12H2,1H3,(H,22,23). The monoisotopic (exact) mass is 1890 g/mol. The number of benzene rings is 12. The summed E-state index contributed by atoms with van der Waals surface area (Å²) in [6.07, 6.45) is 8.67. The SMILES string of the molecule is CC(C)c1ccc(S(=O)(=O)Nc2cc(SCC(=O)O)c(O)c3ccccc23)cc1.CCc1ccc(S(=O)(=O)Nc2cc(SCC(=O)O)c(O)c3ccccc23)cc1.O=C(O)CCN(COCc1cccc(F)c1)C1=CC(=NS(=O)(=O)c2cccc(C3CCCCC3)c2)c2cccnc2C1=O.O=C(O)CSc1cc(NS(=O)(=O)c2cccc3ccccc23)c2ccccc2c1O. The predicted molar refractivity (Wildman–Crippen MR) is 502 cm³/mol. The van der Waals surface area contributed by atoms with Gasteiger partial charge in [0.1, 0.15) is 35.5 Å². The van der Waals surface area contributed by atoms with Gasteiger partial charge in [0.15, 0.2) is 0 Å². The third-order valence-corrected chi connectivity index (χ3v) is 29.4. The summed E-state index contributed by atoms with van der Waals surface area (Å²) in [5.74, 6) is -5.55. The van der Waals surface area contributed by atoms with E-state index in [4.69, 9.17) is 20.1 Å². The Bertz CT molecular complexity index is 7000. The highest BCUT2D eigenvalue weighted by Crippen LogP contribution is 2.45. The molecule has 0 saturated heterocycles. The van der Waals surface area contributed by atoms with Crippen LogP contribution in [0.4, 0.5) is 21.5 Å². The van der Waals surface area contributed by atoms with E-state index in [1.165, 1.54) is 66.1 Å². The van der Waals surface area contributed by atoms with Crippen LogP contribution in [-0.4, -0.2) is 145 Å². The molecule has 0 spiro atoms. The molecule has 1 saturated carbocycles. The molecule has 10 N–H and O–H groups in total. The average Bonchev–Trinajstić information content (AvgIpc) is 0.781. The molecule has 0 radical (unpaired) electrons.